The first-order valence-corrected chi connectivity index (χ1v) is 8.67. The molecule has 26 heavy (non-hydrogen) atoms. The summed E-state index contributed by atoms with van der Waals surface area (Å²) in [5, 5.41) is 7.74. The highest BCUT2D eigenvalue weighted by atomic mass is 15.3. The molecule has 0 amide bonds. The Morgan fingerprint density at radius 1 is 1.15 bits per heavy atom. The van der Waals surface area contributed by atoms with Crippen LogP contribution in [0.25, 0.3) is 5.78 Å². The average Bonchev–Trinajstić information content (AvgIpc) is 3.31. The van der Waals surface area contributed by atoms with Crippen molar-refractivity contribution in [3.63, 3.8) is 0 Å². The third-order valence-electron chi connectivity index (χ3n) is 4.25. The molecule has 0 atom stereocenters. The molecule has 0 radical (unpaired) electrons. The van der Waals surface area contributed by atoms with Crippen LogP contribution in [-0.2, 0) is 13.1 Å². The SMILES string of the molecule is CC(C)c1cc(NCc2cccc(Cn3ccnc3)c2)n2ncnc2n1. The summed E-state index contributed by atoms with van der Waals surface area (Å²) in [4.78, 5) is 12.9. The maximum atomic E-state index is 4.55. The molecule has 7 nitrogen and oxygen atoms in total. The highest BCUT2D eigenvalue weighted by Crippen LogP contribution is 2.18. The van der Waals surface area contributed by atoms with Gasteiger partial charge in [0.25, 0.3) is 5.78 Å². The Bertz CT molecular complexity index is 1000. The van der Waals surface area contributed by atoms with Gasteiger partial charge in [0.05, 0.1) is 12.0 Å². The summed E-state index contributed by atoms with van der Waals surface area (Å²) in [5.74, 6) is 1.85. The molecule has 1 N–H and O–H groups in total. The van der Waals surface area contributed by atoms with Crippen LogP contribution in [0.15, 0.2) is 55.4 Å². The number of rotatable bonds is 6. The zero-order valence-electron chi connectivity index (χ0n) is 14.9. The lowest BCUT2D eigenvalue weighted by Crippen LogP contribution is -2.08. The maximum absolute atomic E-state index is 4.55. The predicted octanol–water partition coefficient (Wildman–Crippen LogP) is 3.10. The molecule has 4 aromatic rings. The number of hydrogen-bond acceptors (Lipinski definition) is 5. The standard InChI is InChI=1S/C19H21N7/c1-14(2)17-9-18(26-19(24-17)22-12-23-26)21-10-15-4-3-5-16(8-15)11-25-7-6-20-13-25/h3-9,12-14,21H,10-11H2,1-2H3. The molecular weight excluding hydrogens is 326 g/mol. The summed E-state index contributed by atoms with van der Waals surface area (Å²) in [7, 11) is 0. The van der Waals surface area contributed by atoms with Crippen molar-refractivity contribution < 1.29 is 0 Å². The van der Waals surface area contributed by atoms with E-state index in [4.69, 9.17) is 0 Å². The fraction of sp³-hybridized carbons (Fsp3) is 0.263. The number of imidazole rings is 1. The summed E-state index contributed by atoms with van der Waals surface area (Å²) < 4.78 is 3.80. The van der Waals surface area contributed by atoms with Gasteiger partial charge in [0.2, 0.25) is 0 Å². The van der Waals surface area contributed by atoms with Gasteiger partial charge in [-0.05, 0) is 17.0 Å². The van der Waals surface area contributed by atoms with E-state index < -0.39 is 0 Å². The molecule has 0 aliphatic carbocycles. The van der Waals surface area contributed by atoms with E-state index in [2.05, 4.69) is 68.0 Å². The van der Waals surface area contributed by atoms with E-state index in [0.717, 1.165) is 18.1 Å². The molecule has 3 heterocycles. The van der Waals surface area contributed by atoms with Crippen LogP contribution >= 0.6 is 0 Å². The van der Waals surface area contributed by atoms with Crippen LogP contribution < -0.4 is 5.32 Å². The molecule has 0 saturated heterocycles. The van der Waals surface area contributed by atoms with Gasteiger partial charge in [-0.3, -0.25) is 0 Å². The molecule has 0 bridgehead atoms. The number of nitrogens with zero attached hydrogens (tertiary/aromatic N) is 6. The van der Waals surface area contributed by atoms with Crippen LogP contribution in [0, 0.1) is 0 Å². The maximum Gasteiger partial charge on any atom is 0.254 e. The molecule has 0 aliphatic heterocycles. The topological polar surface area (TPSA) is 72.9 Å². The zero-order chi connectivity index (χ0) is 17.9. The molecule has 0 unspecified atom stereocenters. The van der Waals surface area contributed by atoms with Gasteiger partial charge in [-0.25, -0.2) is 9.97 Å². The lowest BCUT2D eigenvalue weighted by molar-refractivity contribution is 0.795. The zero-order valence-corrected chi connectivity index (χ0v) is 14.9. The van der Waals surface area contributed by atoms with Crippen LogP contribution in [0.3, 0.4) is 0 Å². The van der Waals surface area contributed by atoms with E-state index in [1.807, 2.05) is 18.6 Å². The Balaban J connectivity index is 1.54. The van der Waals surface area contributed by atoms with Crippen LogP contribution in [0.4, 0.5) is 5.82 Å². The average molecular weight is 347 g/mol. The highest BCUT2D eigenvalue weighted by molar-refractivity contribution is 5.46. The van der Waals surface area contributed by atoms with E-state index in [1.165, 1.54) is 17.5 Å². The second kappa shape index (κ2) is 6.95. The number of fused-ring (bicyclic) bond motifs is 1. The van der Waals surface area contributed by atoms with Crippen LogP contribution in [0.1, 0.15) is 36.6 Å². The van der Waals surface area contributed by atoms with Crippen molar-refractivity contribution in [2.24, 2.45) is 0 Å². The van der Waals surface area contributed by atoms with Crippen LogP contribution in [0.5, 0.6) is 0 Å². The lowest BCUT2D eigenvalue weighted by Gasteiger charge is -2.12. The van der Waals surface area contributed by atoms with E-state index in [1.54, 1.807) is 10.7 Å². The first-order valence-electron chi connectivity index (χ1n) is 8.67. The number of anilines is 1. The minimum Gasteiger partial charge on any atom is -0.366 e. The normalized spacial score (nSPS) is 11.3. The van der Waals surface area contributed by atoms with Crippen molar-refractivity contribution in [1.82, 2.24) is 29.1 Å². The second-order valence-corrected chi connectivity index (χ2v) is 6.60. The van der Waals surface area contributed by atoms with Gasteiger partial charge in [-0.15, -0.1) is 0 Å². The Hall–Kier alpha value is -3.22. The first-order chi connectivity index (χ1) is 12.7. The lowest BCUT2D eigenvalue weighted by atomic mass is 10.1. The number of benzene rings is 1. The van der Waals surface area contributed by atoms with E-state index >= 15 is 0 Å². The van der Waals surface area contributed by atoms with Gasteiger partial charge >= 0.3 is 0 Å². The number of hydrogen-bond donors (Lipinski definition) is 1. The van der Waals surface area contributed by atoms with Crippen molar-refractivity contribution in [3.8, 4) is 0 Å². The Morgan fingerprint density at radius 2 is 2.04 bits per heavy atom. The minimum absolute atomic E-state index is 0.329. The number of aromatic nitrogens is 6. The summed E-state index contributed by atoms with van der Waals surface area (Å²) >= 11 is 0. The molecule has 0 spiro atoms. The van der Waals surface area contributed by atoms with E-state index in [0.29, 0.717) is 18.2 Å². The molecule has 3 aromatic heterocycles. The van der Waals surface area contributed by atoms with Gasteiger partial charge in [0.15, 0.2) is 0 Å². The second-order valence-electron chi connectivity index (χ2n) is 6.60. The monoisotopic (exact) mass is 347 g/mol. The van der Waals surface area contributed by atoms with Gasteiger partial charge in [0, 0.05) is 31.5 Å². The van der Waals surface area contributed by atoms with Gasteiger partial charge < -0.3 is 9.88 Å². The third kappa shape index (κ3) is 3.42. The summed E-state index contributed by atoms with van der Waals surface area (Å²) in [6.45, 7) is 5.76. The van der Waals surface area contributed by atoms with Gasteiger partial charge in [-0.1, -0.05) is 38.1 Å². The van der Waals surface area contributed by atoms with Gasteiger partial charge in [-0.2, -0.15) is 14.6 Å². The molecule has 0 saturated carbocycles. The quantitative estimate of drug-likeness (QED) is 0.580. The smallest absolute Gasteiger partial charge is 0.254 e. The Labute approximate surface area is 151 Å². The fourth-order valence-corrected chi connectivity index (χ4v) is 2.87. The molecule has 0 fully saturated rings. The molecule has 7 heteroatoms. The van der Waals surface area contributed by atoms with E-state index in [-0.39, 0.29) is 0 Å². The van der Waals surface area contributed by atoms with Crippen LogP contribution in [-0.4, -0.2) is 29.1 Å². The van der Waals surface area contributed by atoms with E-state index in [9.17, 15) is 0 Å². The summed E-state index contributed by atoms with van der Waals surface area (Å²) in [6.07, 6.45) is 7.13. The number of nitrogens with one attached hydrogen (secondary N) is 1. The van der Waals surface area contributed by atoms with Crippen LogP contribution in [0.2, 0.25) is 0 Å². The first kappa shape index (κ1) is 16.3. The minimum atomic E-state index is 0.329. The largest absolute Gasteiger partial charge is 0.366 e. The van der Waals surface area contributed by atoms with Crippen molar-refractivity contribution in [3.05, 3.63) is 72.2 Å². The third-order valence-corrected chi connectivity index (χ3v) is 4.25. The molecule has 1 aromatic carbocycles. The highest BCUT2D eigenvalue weighted by Gasteiger charge is 2.10. The molecule has 132 valence electrons. The fourth-order valence-electron chi connectivity index (χ4n) is 2.87. The molecular formula is C19H21N7. The Morgan fingerprint density at radius 3 is 2.85 bits per heavy atom. The van der Waals surface area contributed by atoms with Gasteiger partial charge in [0.1, 0.15) is 12.1 Å². The molecule has 4 rings (SSSR count). The van der Waals surface area contributed by atoms with Crippen molar-refractivity contribution >= 4 is 11.6 Å². The predicted molar refractivity (Wildman–Crippen MR) is 100.0 cm³/mol. The van der Waals surface area contributed by atoms with Crippen molar-refractivity contribution in [2.45, 2.75) is 32.9 Å². The summed E-state index contributed by atoms with van der Waals surface area (Å²) in [5.41, 5.74) is 3.45. The van der Waals surface area contributed by atoms with Crippen molar-refractivity contribution in [2.75, 3.05) is 5.32 Å². The Kier molecular flexibility index (Phi) is 4.35. The summed E-state index contributed by atoms with van der Waals surface area (Å²) in [6, 6.07) is 10.6. The van der Waals surface area contributed by atoms with Crippen molar-refractivity contribution in [1.29, 1.82) is 0 Å². The molecule has 0 aliphatic rings.